The number of nitrogens with one attached hydrogen (secondary N) is 3. The second-order valence-electron chi connectivity index (χ2n) is 11.1. The van der Waals surface area contributed by atoms with E-state index in [1.54, 1.807) is 30.3 Å². The molecule has 9 nitrogen and oxygen atoms in total. The molecule has 2 aromatic rings. The summed E-state index contributed by atoms with van der Waals surface area (Å²) in [5.74, 6) is -3.06. The van der Waals surface area contributed by atoms with Crippen molar-refractivity contribution in [3.8, 4) is 5.75 Å². The predicted octanol–water partition coefficient (Wildman–Crippen LogP) is 3.55. The van der Waals surface area contributed by atoms with Crippen molar-refractivity contribution in [3.05, 3.63) is 65.2 Å². The van der Waals surface area contributed by atoms with Crippen LogP contribution in [0, 0.1) is 10.8 Å². The number of benzene rings is 2. The van der Waals surface area contributed by atoms with Crippen molar-refractivity contribution in [2.45, 2.75) is 50.6 Å². The fourth-order valence-electron chi connectivity index (χ4n) is 4.74. The third-order valence-electron chi connectivity index (χ3n) is 7.16. The highest BCUT2D eigenvalue weighted by molar-refractivity contribution is 6.09. The van der Waals surface area contributed by atoms with E-state index in [9.17, 15) is 40.7 Å². The van der Waals surface area contributed by atoms with Gasteiger partial charge in [0.15, 0.2) is 0 Å². The Morgan fingerprint density at radius 2 is 1.59 bits per heavy atom. The summed E-state index contributed by atoms with van der Waals surface area (Å²) in [4.78, 5) is 41.0. The molecule has 2 atom stereocenters. The highest BCUT2D eigenvalue weighted by Gasteiger charge is 2.48. The molecule has 0 bridgehead atoms. The lowest BCUT2D eigenvalue weighted by molar-refractivity contribution is -0.144. The van der Waals surface area contributed by atoms with E-state index >= 15 is 0 Å². The predicted molar refractivity (Wildman–Crippen MR) is 148 cm³/mol. The molecular formula is C29H33F6N5O4. The van der Waals surface area contributed by atoms with Crippen LogP contribution in [0.3, 0.4) is 0 Å². The minimum absolute atomic E-state index is 0.0154. The molecule has 240 valence electrons. The molecule has 1 heterocycles. The van der Waals surface area contributed by atoms with Gasteiger partial charge in [0.2, 0.25) is 17.7 Å². The van der Waals surface area contributed by atoms with E-state index < -0.39 is 70.6 Å². The molecule has 3 rings (SSSR count). The fourth-order valence-corrected chi connectivity index (χ4v) is 4.74. The normalized spacial score (nSPS) is 18.4. The summed E-state index contributed by atoms with van der Waals surface area (Å²) in [5.41, 5.74) is 0.353. The van der Waals surface area contributed by atoms with E-state index in [0.717, 1.165) is 0 Å². The minimum atomic E-state index is -5.13. The monoisotopic (exact) mass is 629 g/mol. The largest absolute Gasteiger partial charge is 0.491 e. The van der Waals surface area contributed by atoms with Crippen LogP contribution in [0.25, 0.3) is 0 Å². The Bertz CT molecular complexity index is 1350. The van der Waals surface area contributed by atoms with Crippen LogP contribution in [-0.2, 0) is 33.2 Å². The maximum atomic E-state index is 13.8. The molecule has 3 amide bonds. The van der Waals surface area contributed by atoms with Crippen molar-refractivity contribution in [2.75, 3.05) is 26.7 Å². The third kappa shape index (κ3) is 8.07. The van der Waals surface area contributed by atoms with Crippen LogP contribution in [-0.4, -0.2) is 66.7 Å². The van der Waals surface area contributed by atoms with Gasteiger partial charge in [-0.25, -0.2) is 0 Å². The van der Waals surface area contributed by atoms with Gasteiger partial charge < -0.3 is 31.4 Å². The molecule has 0 radical (unpaired) electrons. The number of hydrogen-bond acceptors (Lipinski definition) is 6. The van der Waals surface area contributed by atoms with Gasteiger partial charge in [-0.1, -0.05) is 30.3 Å². The Morgan fingerprint density at radius 3 is 2.09 bits per heavy atom. The molecule has 1 saturated heterocycles. The highest BCUT2D eigenvalue weighted by atomic mass is 19.4. The molecule has 5 N–H and O–H groups in total. The first kappa shape index (κ1) is 34.4. The van der Waals surface area contributed by atoms with Gasteiger partial charge in [0.1, 0.15) is 23.8 Å². The molecule has 2 aromatic carbocycles. The van der Waals surface area contributed by atoms with E-state index in [-0.39, 0.29) is 37.7 Å². The molecule has 1 aliphatic rings. The summed E-state index contributed by atoms with van der Waals surface area (Å²) in [6.45, 7) is 1.45. The van der Waals surface area contributed by atoms with Crippen LogP contribution >= 0.6 is 0 Å². The smallest absolute Gasteiger partial charge is 0.416 e. The molecular weight excluding hydrogens is 596 g/mol. The number of likely N-dealkylation sites (tertiary alicyclic amines) is 1. The van der Waals surface area contributed by atoms with E-state index in [0.29, 0.717) is 17.7 Å². The third-order valence-corrected chi connectivity index (χ3v) is 7.16. The second-order valence-corrected chi connectivity index (χ2v) is 11.1. The maximum absolute atomic E-state index is 13.8. The van der Waals surface area contributed by atoms with E-state index in [1.165, 1.54) is 25.8 Å². The van der Waals surface area contributed by atoms with Gasteiger partial charge in [-0.2, -0.15) is 26.3 Å². The Morgan fingerprint density at radius 1 is 1.02 bits per heavy atom. The van der Waals surface area contributed by atoms with Crippen molar-refractivity contribution < 1.29 is 45.5 Å². The number of alkyl halides is 6. The number of piperidine rings is 1. The zero-order valence-electron chi connectivity index (χ0n) is 24.2. The van der Waals surface area contributed by atoms with Crippen LogP contribution in [0.5, 0.6) is 5.75 Å². The molecule has 1 aliphatic heterocycles. The molecule has 15 heteroatoms. The van der Waals surface area contributed by atoms with Gasteiger partial charge in [-0.15, -0.1) is 0 Å². The molecule has 0 spiro atoms. The van der Waals surface area contributed by atoms with E-state index in [2.05, 4.69) is 10.6 Å². The fraction of sp³-hybridized carbons (Fsp3) is 0.448. The molecule has 0 saturated carbocycles. The number of hydrogen-bond donors (Lipinski definition) is 4. The molecule has 0 aliphatic carbocycles. The number of halogens is 6. The first-order chi connectivity index (χ1) is 20.3. The molecule has 44 heavy (non-hydrogen) atoms. The summed E-state index contributed by atoms with van der Waals surface area (Å²) in [5, 5.41) is 13.6. The average Bonchev–Trinajstić information content (AvgIpc) is 2.94. The average molecular weight is 630 g/mol. The Hall–Kier alpha value is -4.14. The summed E-state index contributed by atoms with van der Waals surface area (Å²) in [6, 6.07) is 7.78. The van der Waals surface area contributed by atoms with Gasteiger partial charge in [0.05, 0.1) is 16.7 Å². The molecule has 0 aromatic heterocycles. The SMILES string of the molecule is CNC(=O)[C@]1(Cc2ccccc2)CN(C(=O)[C@@H](COc2cc(C(F)(F)F)cc(C(F)(F)F)c2)NC(=O)C(C)(C)N)CCC1=N. The van der Waals surface area contributed by atoms with Crippen molar-refractivity contribution in [1.29, 1.82) is 5.41 Å². The zero-order chi connectivity index (χ0) is 33.1. The van der Waals surface area contributed by atoms with Crippen LogP contribution in [0.4, 0.5) is 26.3 Å². The first-order valence-corrected chi connectivity index (χ1v) is 13.4. The van der Waals surface area contributed by atoms with Crippen LogP contribution in [0.2, 0.25) is 0 Å². The van der Waals surface area contributed by atoms with Crippen molar-refractivity contribution in [3.63, 3.8) is 0 Å². The van der Waals surface area contributed by atoms with E-state index in [4.69, 9.17) is 15.9 Å². The van der Waals surface area contributed by atoms with Crippen LogP contribution < -0.4 is 21.1 Å². The number of carbonyl (C=O) groups excluding carboxylic acids is 3. The highest BCUT2D eigenvalue weighted by Crippen LogP contribution is 2.38. The van der Waals surface area contributed by atoms with Crippen molar-refractivity contribution >= 4 is 23.4 Å². The Labute approximate surface area is 249 Å². The lowest BCUT2D eigenvalue weighted by atomic mass is 9.72. The van der Waals surface area contributed by atoms with Crippen molar-refractivity contribution in [2.24, 2.45) is 11.1 Å². The summed E-state index contributed by atoms with van der Waals surface area (Å²) < 4.78 is 85.4. The number of nitrogens with zero attached hydrogens (tertiary/aromatic N) is 1. The molecule has 0 unspecified atom stereocenters. The Kier molecular flexibility index (Phi) is 10.0. The maximum Gasteiger partial charge on any atom is 0.416 e. The summed E-state index contributed by atoms with van der Waals surface area (Å²) >= 11 is 0. The van der Waals surface area contributed by atoms with Gasteiger partial charge >= 0.3 is 12.4 Å². The minimum Gasteiger partial charge on any atom is -0.491 e. The number of carbonyl (C=O) groups is 3. The van der Waals surface area contributed by atoms with Crippen molar-refractivity contribution in [1.82, 2.24) is 15.5 Å². The standard InChI is InChI=1S/C29H33F6N5O4/c1-26(2,37)24(42)39-21(15-44-20-12-18(28(30,31)32)11-19(13-20)29(33,34)35)23(41)40-10-9-22(36)27(16-40,25(43)38-3)14-17-7-5-4-6-8-17/h4-8,11-13,21,36H,9-10,14-16,37H2,1-3H3,(H,38,43)(H,39,42)/t21-,27-/m1/s1. The van der Waals surface area contributed by atoms with E-state index in [1.807, 2.05) is 0 Å². The number of ether oxygens (including phenoxy) is 1. The van der Waals surface area contributed by atoms with Gasteiger partial charge in [-0.3, -0.25) is 14.4 Å². The van der Waals surface area contributed by atoms with Crippen LogP contribution in [0.15, 0.2) is 48.5 Å². The number of rotatable bonds is 9. The summed E-state index contributed by atoms with van der Waals surface area (Å²) in [6.07, 6.45) is -10.2. The molecule has 1 fully saturated rings. The Balaban J connectivity index is 1.96. The lowest BCUT2D eigenvalue weighted by Gasteiger charge is -2.43. The topological polar surface area (TPSA) is 138 Å². The lowest BCUT2D eigenvalue weighted by Crippen LogP contribution is -2.63. The number of nitrogens with two attached hydrogens (primary N) is 1. The second kappa shape index (κ2) is 12.8. The van der Waals surface area contributed by atoms with Gasteiger partial charge in [0.25, 0.3) is 0 Å². The van der Waals surface area contributed by atoms with Crippen LogP contribution in [0.1, 0.15) is 37.0 Å². The summed E-state index contributed by atoms with van der Waals surface area (Å²) in [7, 11) is 1.38. The van der Waals surface area contributed by atoms with Gasteiger partial charge in [0, 0.05) is 32.3 Å². The zero-order valence-corrected chi connectivity index (χ0v) is 24.2. The quantitative estimate of drug-likeness (QED) is 0.315. The first-order valence-electron chi connectivity index (χ1n) is 13.4. The number of amides is 3. The van der Waals surface area contributed by atoms with Gasteiger partial charge in [-0.05, 0) is 44.0 Å².